The minimum absolute atomic E-state index is 0.226. The molecule has 6 nitrogen and oxygen atoms in total. The van der Waals surface area contributed by atoms with Crippen molar-refractivity contribution in [3.63, 3.8) is 0 Å². The molecule has 0 saturated heterocycles. The van der Waals surface area contributed by atoms with E-state index < -0.39 is 11.5 Å². The summed E-state index contributed by atoms with van der Waals surface area (Å²) >= 11 is 0. The molecule has 0 amide bonds. The number of H-pyrrole nitrogens is 1. The zero-order valence-electron chi connectivity index (χ0n) is 11.1. The highest BCUT2D eigenvalue weighted by Gasteiger charge is 2.13. The Bertz CT molecular complexity index is 750. The van der Waals surface area contributed by atoms with Crippen LogP contribution in [-0.4, -0.2) is 29.3 Å². The predicted octanol–water partition coefficient (Wildman–Crippen LogP) is 1.44. The summed E-state index contributed by atoms with van der Waals surface area (Å²) in [6.45, 7) is 1.01. The number of hydrogen-bond donors (Lipinski definition) is 2. The van der Waals surface area contributed by atoms with Crippen LogP contribution in [0, 0.1) is 0 Å². The van der Waals surface area contributed by atoms with Gasteiger partial charge in [0.15, 0.2) is 11.5 Å². The standard InChI is InChI=1S/C15H13NO5/c17-14(18)8-10-1-3-11(16-15(10)19)9-2-4-12-13(7-9)21-6-5-20-12/h1-4,7H,5-6,8H2,(H,16,19)(H,17,18). The van der Waals surface area contributed by atoms with Gasteiger partial charge in [-0.3, -0.25) is 9.59 Å². The zero-order chi connectivity index (χ0) is 14.8. The summed E-state index contributed by atoms with van der Waals surface area (Å²) in [5, 5.41) is 8.73. The van der Waals surface area contributed by atoms with Gasteiger partial charge in [-0.05, 0) is 24.3 Å². The third-order valence-electron chi connectivity index (χ3n) is 3.19. The molecule has 0 spiro atoms. The smallest absolute Gasteiger partial charge is 0.308 e. The van der Waals surface area contributed by atoms with Crippen LogP contribution in [0.4, 0.5) is 0 Å². The second-order valence-electron chi connectivity index (χ2n) is 4.66. The van der Waals surface area contributed by atoms with Crippen molar-refractivity contribution in [1.29, 1.82) is 0 Å². The largest absolute Gasteiger partial charge is 0.486 e. The lowest BCUT2D eigenvalue weighted by Gasteiger charge is -2.18. The summed E-state index contributed by atoms with van der Waals surface area (Å²) in [5.74, 6) is 0.275. The number of aliphatic carboxylic acids is 1. The molecule has 0 fully saturated rings. The van der Waals surface area contributed by atoms with E-state index in [1.807, 2.05) is 6.07 Å². The molecule has 2 aromatic rings. The molecule has 1 aromatic carbocycles. The van der Waals surface area contributed by atoms with Crippen LogP contribution in [0.25, 0.3) is 11.3 Å². The molecule has 1 aliphatic rings. The molecule has 2 N–H and O–H groups in total. The van der Waals surface area contributed by atoms with Gasteiger partial charge in [-0.15, -0.1) is 0 Å². The SMILES string of the molecule is O=C(O)Cc1ccc(-c2ccc3c(c2)OCCO3)[nH]c1=O. The molecule has 6 heteroatoms. The lowest BCUT2D eigenvalue weighted by Crippen LogP contribution is -2.17. The van der Waals surface area contributed by atoms with E-state index in [1.54, 1.807) is 18.2 Å². The first kappa shape index (κ1) is 13.2. The third-order valence-corrected chi connectivity index (χ3v) is 3.19. The molecular formula is C15H13NO5. The van der Waals surface area contributed by atoms with E-state index in [9.17, 15) is 9.59 Å². The van der Waals surface area contributed by atoms with E-state index in [2.05, 4.69) is 4.98 Å². The van der Waals surface area contributed by atoms with E-state index in [-0.39, 0.29) is 12.0 Å². The highest BCUT2D eigenvalue weighted by Crippen LogP contribution is 2.33. The minimum Gasteiger partial charge on any atom is -0.486 e. The number of benzene rings is 1. The van der Waals surface area contributed by atoms with Gasteiger partial charge in [0.25, 0.3) is 5.56 Å². The van der Waals surface area contributed by atoms with Gasteiger partial charge in [0.05, 0.1) is 6.42 Å². The Morgan fingerprint density at radius 3 is 2.62 bits per heavy atom. The van der Waals surface area contributed by atoms with Gasteiger partial charge in [-0.2, -0.15) is 0 Å². The highest BCUT2D eigenvalue weighted by atomic mass is 16.6. The second kappa shape index (κ2) is 5.32. The van der Waals surface area contributed by atoms with Crippen molar-refractivity contribution in [3.8, 4) is 22.8 Å². The first-order valence-electron chi connectivity index (χ1n) is 6.47. The fraction of sp³-hybridized carbons (Fsp3) is 0.200. The number of pyridine rings is 1. The van der Waals surface area contributed by atoms with Crippen LogP contribution in [0.15, 0.2) is 35.1 Å². The van der Waals surface area contributed by atoms with Gasteiger partial charge < -0.3 is 19.6 Å². The number of rotatable bonds is 3. The molecular weight excluding hydrogens is 274 g/mol. The first-order valence-corrected chi connectivity index (χ1v) is 6.47. The van der Waals surface area contributed by atoms with Gasteiger partial charge >= 0.3 is 5.97 Å². The number of aromatic nitrogens is 1. The molecule has 0 bridgehead atoms. The molecule has 0 saturated carbocycles. The second-order valence-corrected chi connectivity index (χ2v) is 4.66. The van der Waals surface area contributed by atoms with Crippen molar-refractivity contribution in [1.82, 2.24) is 4.98 Å². The van der Waals surface area contributed by atoms with Crippen LogP contribution in [0.5, 0.6) is 11.5 Å². The number of carboxylic acids is 1. The number of carbonyl (C=O) groups is 1. The first-order chi connectivity index (χ1) is 10.1. The number of ether oxygens (including phenoxy) is 2. The van der Waals surface area contributed by atoms with Crippen LogP contribution < -0.4 is 15.0 Å². The maximum Gasteiger partial charge on any atom is 0.308 e. The number of nitrogens with one attached hydrogen (secondary N) is 1. The van der Waals surface area contributed by atoms with Gasteiger partial charge in [0.1, 0.15) is 13.2 Å². The average Bonchev–Trinajstić information content (AvgIpc) is 2.48. The Morgan fingerprint density at radius 1 is 1.14 bits per heavy atom. The Labute approximate surface area is 120 Å². The molecule has 1 aromatic heterocycles. The van der Waals surface area contributed by atoms with Crippen molar-refractivity contribution in [2.75, 3.05) is 13.2 Å². The number of aromatic amines is 1. The summed E-state index contributed by atoms with van der Waals surface area (Å²) in [6, 6.07) is 8.60. The number of fused-ring (bicyclic) bond motifs is 1. The fourth-order valence-corrected chi connectivity index (χ4v) is 2.19. The van der Waals surface area contributed by atoms with E-state index in [0.717, 1.165) is 5.56 Å². The molecule has 0 aliphatic carbocycles. The summed E-state index contributed by atoms with van der Waals surface area (Å²) < 4.78 is 10.9. The lowest BCUT2D eigenvalue weighted by molar-refractivity contribution is -0.136. The average molecular weight is 287 g/mol. The summed E-state index contributed by atoms with van der Waals surface area (Å²) in [6.07, 6.45) is -0.295. The summed E-state index contributed by atoms with van der Waals surface area (Å²) in [5.41, 5.74) is 1.21. The Morgan fingerprint density at radius 2 is 1.90 bits per heavy atom. The van der Waals surface area contributed by atoms with E-state index >= 15 is 0 Å². The molecule has 2 heterocycles. The zero-order valence-corrected chi connectivity index (χ0v) is 11.1. The Kier molecular flexibility index (Phi) is 3.35. The topological polar surface area (TPSA) is 88.6 Å². The minimum atomic E-state index is -1.03. The molecule has 0 atom stereocenters. The monoisotopic (exact) mass is 287 g/mol. The highest BCUT2D eigenvalue weighted by molar-refractivity contribution is 5.70. The normalized spacial score (nSPS) is 13.0. The van der Waals surface area contributed by atoms with E-state index in [4.69, 9.17) is 14.6 Å². The summed E-state index contributed by atoms with van der Waals surface area (Å²) in [4.78, 5) is 25.2. The van der Waals surface area contributed by atoms with Crippen molar-refractivity contribution >= 4 is 5.97 Å². The van der Waals surface area contributed by atoms with Crippen molar-refractivity contribution in [3.05, 3.63) is 46.2 Å². The third kappa shape index (κ3) is 2.74. The molecule has 21 heavy (non-hydrogen) atoms. The van der Waals surface area contributed by atoms with E-state index in [1.165, 1.54) is 6.07 Å². The van der Waals surface area contributed by atoms with E-state index in [0.29, 0.717) is 30.4 Å². The van der Waals surface area contributed by atoms with Crippen molar-refractivity contribution in [2.24, 2.45) is 0 Å². The molecule has 3 rings (SSSR count). The quantitative estimate of drug-likeness (QED) is 0.891. The number of carboxylic acid groups (broad SMARTS) is 1. The van der Waals surface area contributed by atoms with Crippen LogP contribution in [-0.2, 0) is 11.2 Å². The predicted molar refractivity (Wildman–Crippen MR) is 74.8 cm³/mol. The van der Waals surface area contributed by atoms with Crippen LogP contribution in [0.2, 0.25) is 0 Å². The van der Waals surface area contributed by atoms with Crippen molar-refractivity contribution in [2.45, 2.75) is 6.42 Å². The van der Waals surface area contributed by atoms with Gasteiger partial charge in [-0.1, -0.05) is 6.07 Å². The van der Waals surface area contributed by atoms with Gasteiger partial charge in [0.2, 0.25) is 0 Å². The van der Waals surface area contributed by atoms with Crippen LogP contribution >= 0.6 is 0 Å². The maximum absolute atomic E-state index is 11.9. The lowest BCUT2D eigenvalue weighted by atomic mass is 10.1. The fourth-order valence-electron chi connectivity index (χ4n) is 2.19. The maximum atomic E-state index is 11.9. The molecule has 1 aliphatic heterocycles. The van der Waals surface area contributed by atoms with Crippen LogP contribution in [0.3, 0.4) is 0 Å². The Hall–Kier alpha value is -2.76. The van der Waals surface area contributed by atoms with Gasteiger partial charge in [-0.25, -0.2) is 0 Å². The molecule has 0 radical (unpaired) electrons. The van der Waals surface area contributed by atoms with Gasteiger partial charge in [0, 0.05) is 16.8 Å². The number of hydrogen-bond acceptors (Lipinski definition) is 4. The van der Waals surface area contributed by atoms with Crippen molar-refractivity contribution < 1.29 is 19.4 Å². The Balaban J connectivity index is 1.95. The summed E-state index contributed by atoms with van der Waals surface area (Å²) in [7, 11) is 0. The molecule has 108 valence electrons. The molecule has 0 unspecified atom stereocenters. The van der Waals surface area contributed by atoms with Crippen LogP contribution in [0.1, 0.15) is 5.56 Å².